The van der Waals surface area contributed by atoms with Crippen LogP contribution in [0, 0.1) is 35.3 Å². The molecule has 2 aromatic carbocycles. The predicted molar refractivity (Wildman–Crippen MR) is 207 cm³/mol. The minimum absolute atomic E-state index is 0.0128. The van der Waals surface area contributed by atoms with E-state index in [1.54, 1.807) is 44.3 Å². The molecule has 19 heteroatoms. The zero-order valence-electron chi connectivity index (χ0n) is 32.9. The first-order chi connectivity index (χ1) is 27.5. The standard InChI is InChI=1S/C40H43F7N8O3S/c1-7-49-59(57,58)53-37-29-10-8-9-28(34(29)54(6)52-37)27-12-11-26(13-14-38(4,5)56)50-33(27)32(19-23-17-24(41)20-25(42)18-23)48-15-16-55-36-30(35(51-55)40(45,46)47)21-31(22(2)3)39(36,43)44/h8-12,17-18,20,22,31-32,48-49,56H,7,15-16,19,21H2,1-6H3,(H,52,53). The maximum atomic E-state index is 15.9. The number of benzene rings is 2. The Balaban J connectivity index is 1.49. The highest BCUT2D eigenvalue weighted by atomic mass is 32.2. The van der Waals surface area contributed by atoms with E-state index in [-0.39, 0.29) is 42.3 Å². The van der Waals surface area contributed by atoms with Gasteiger partial charge in [0, 0.05) is 54.2 Å². The number of pyridine rings is 1. The Morgan fingerprint density at radius 1 is 1.03 bits per heavy atom. The number of rotatable bonds is 13. The van der Waals surface area contributed by atoms with Gasteiger partial charge in [-0.25, -0.2) is 13.8 Å². The monoisotopic (exact) mass is 848 g/mol. The zero-order chi connectivity index (χ0) is 43.2. The maximum absolute atomic E-state index is 15.9. The van der Waals surface area contributed by atoms with E-state index in [4.69, 9.17) is 4.98 Å². The summed E-state index contributed by atoms with van der Waals surface area (Å²) in [7, 11) is -2.40. The van der Waals surface area contributed by atoms with Crippen LogP contribution in [-0.2, 0) is 48.7 Å². The lowest BCUT2D eigenvalue weighted by Crippen LogP contribution is -2.32. The predicted octanol–water partition coefficient (Wildman–Crippen LogP) is 7.01. The van der Waals surface area contributed by atoms with Crippen molar-refractivity contribution in [1.82, 2.24) is 34.6 Å². The van der Waals surface area contributed by atoms with Crippen LogP contribution in [0.1, 0.15) is 74.6 Å². The number of para-hydroxylation sites is 1. The van der Waals surface area contributed by atoms with Crippen LogP contribution in [0.2, 0.25) is 0 Å². The average molecular weight is 849 g/mol. The topological polar surface area (TPSA) is 139 Å². The van der Waals surface area contributed by atoms with Crippen molar-refractivity contribution >= 4 is 26.9 Å². The number of aliphatic hydroxyl groups is 1. The Bertz CT molecular complexity index is 2530. The van der Waals surface area contributed by atoms with E-state index >= 15 is 8.78 Å². The number of halogens is 7. The molecule has 0 saturated heterocycles. The molecule has 0 saturated carbocycles. The van der Waals surface area contributed by atoms with Crippen molar-refractivity contribution in [2.45, 2.75) is 77.7 Å². The van der Waals surface area contributed by atoms with E-state index in [0.717, 1.165) is 12.1 Å². The molecule has 316 valence electrons. The van der Waals surface area contributed by atoms with E-state index in [1.165, 1.54) is 32.4 Å². The van der Waals surface area contributed by atoms with Crippen molar-refractivity contribution < 1.29 is 44.3 Å². The molecule has 0 fully saturated rings. The minimum Gasteiger partial charge on any atom is -0.378 e. The fraction of sp³-hybridized carbons (Fsp3) is 0.425. The van der Waals surface area contributed by atoms with Gasteiger partial charge in [-0.3, -0.25) is 14.1 Å². The van der Waals surface area contributed by atoms with E-state index < -0.39 is 87.3 Å². The van der Waals surface area contributed by atoms with Crippen molar-refractivity contribution in [3.8, 4) is 23.0 Å². The van der Waals surface area contributed by atoms with E-state index in [0.29, 0.717) is 32.8 Å². The molecule has 0 amide bonds. The molecule has 2 atom stereocenters. The van der Waals surface area contributed by atoms with Gasteiger partial charge in [0.15, 0.2) is 11.5 Å². The maximum Gasteiger partial charge on any atom is 0.435 e. The van der Waals surface area contributed by atoms with Gasteiger partial charge in [0.05, 0.1) is 23.8 Å². The van der Waals surface area contributed by atoms with Crippen LogP contribution in [0.3, 0.4) is 0 Å². The molecule has 4 N–H and O–H groups in total. The molecular weight excluding hydrogens is 806 g/mol. The first kappa shape index (κ1) is 43.5. The normalized spacial score (nSPS) is 16.0. The Morgan fingerprint density at radius 3 is 2.36 bits per heavy atom. The van der Waals surface area contributed by atoms with Gasteiger partial charge < -0.3 is 10.4 Å². The molecule has 11 nitrogen and oxygen atoms in total. The molecule has 3 aromatic heterocycles. The van der Waals surface area contributed by atoms with Gasteiger partial charge in [-0.2, -0.15) is 45.3 Å². The zero-order valence-corrected chi connectivity index (χ0v) is 33.8. The van der Waals surface area contributed by atoms with Gasteiger partial charge in [0.2, 0.25) is 0 Å². The van der Waals surface area contributed by atoms with Gasteiger partial charge in [-0.05, 0) is 74.4 Å². The summed E-state index contributed by atoms with van der Waals surface area (Å²) in [5.74, 6) is -1.86. The largest absolute Gasteiger partial charge is 0.435 e. The van der Waals surface area contributed by atoms with Crippen LogP contribution >= 0.6 is 0 Å². The molecule has 5 aromatic rings. The number of nitrogens with one attached hydrogen (secondary N) is 3. The lowest BCUT2D eigenvalue weighted by Gasteiger charge is -2.25. The third kappa shape index (κ3) is 9.40. The summed E-state index contributed by atoms with van der Waals surface area (Å²) in [5, 5.41) is 22.0. The first-order valence-electron chi connectivity index (χ1n) is 18.7. The van der Waals surface area contributed by atoms with Crippen molar-refractivity contribution in [2.24, 2.45) is 18.9 Å². The van der Waals surface area contributed by atoms with Crippen LogP contribution in [-0.4, -0.2) is 56.8 Å². The highest BCUT2D eigenvalue weighted by Gasteiger charge is 2.56. The van der Waals surface area contributed by atoms with Crippen LogP contribution < -0.4 is 14.8 Å². The van der Waals surface area contributed by atoms with Crippen LogP contribution in [0.5, 0.6) is 0 Å². The molecule has 59 heavy (non-hydrogen) atoms. The van der Waals surface area contributed by atoms with E-state index in [2.05, 4.69) is 36.8 Å². The quantitative estimate of drug-likeness (QED) is 0.0739. The lowest BCUT2D eigenvalue weighted by atomic mass is 9.90. The average Bonchev–Trinajstić information content (AvgIpc) is 3.74. The fourth-order valence-corrected chi connectivity index (χ4v) is 8.30. The first-order valence-corrected chi connectivity index (χ1v) is 20.2. The molecular formula is C40H43F7N8O3S. The number of nitrogens with zero attached hydrogens (tertiary/aromatic N) is 5. The van der Waals surface area contributed by atoms with Gasteiger partial charge >= 0.3 is 6.18 Å². The SMILES string of the molecule is CCNS(=O)(=O)Nc1nn(C)c2c(-c3ccc(C#CC(C)(C)O)nc3C(Cc3cc(F)cc(F)c3)NCCn3nc(C(F)(F)F)c4c3C(F)(F)C(C(C)C)C4)cccc12. The molecule has 1 aliphatic carbocycles. The summed E-state index contributed by atoms with van der Waals surface area (Å²) < 4.78 is 136. The number of fused-ring (bicyclic) bond motifs is 2. The number of aryl methyl sites for hydroxylation is 1. The lowest BCUT2D eigenvalue weighted by molar-refractivity contribution is -0.142. The fourth-order valence-electron chi connectivity index (χ4n) is 7.45. The minimum atomic E-state index is -4.99. The van der Waals surface area contributed by atoms with E-state index in [9.17, 15) is 35.5 Å². The molecule has 2 unspecified atom stereocenters. The highest BCUT2D eigenvalue weighted by molar-refractivity contribution is 7.90. The van der Waals surface area contributed by atoms with Crippen LogP contribution in [0.15, 0.2) is 48.5 Å². The number of alkyl halides is 5. The molecule has 0 spiro atoms. The second-order valence-corrected chi connectivity index (χ2v) is 16.8. The van der Waals surface area contributed by atoms with Crippen LogP contribution in [0.25, 0.3) is 22.0 Å². The smallest absolute Gasteiger partial charge is 0.378 e. The number of anilines is 1. The van der Waals surface area contributed by atoms with Crippen molar-refractivity contribution in [3.63, 3.8) is 0 Å². The van der Waals surface area contributed by atoms with Gasteiger partial charge in [-0.1, -0.05) is 38.8 Å². The molecule has 1 aliphatic rings. The molecule has 0 bridgehead atoms. The van der Waals surface area contributed by atoms with Crippen LogP contribution in [0.4, 0.5) is 36.6 Å². The van der Waals surface area contributed by atoms with E-state index in [1.807, 2.05) is 0 Å². The number of hydrogen-bond acceptors (Lipinski definition) is 7. The molecule has 0 radical (unpaired) electrons. The molecule has 6 rings (SSSR count). The summed E-state index contributed by atoms with van der Waals surface area (Å²) in [6, 6.07) is 10.1. The third-order valence-electron chi connectivity index (χ3n) is 9.88. The Kier molecular flexibility index (Phi) is 12.0. The van der Waals surface area contributed by atoms with Crippen molar-refractivity contribution in [2.75, 3.05) is 17.8 Å². The van der Waals surface area contributed by atoms with Crippen molar-refractivity contribution in [3.05, 3.63) is 94.1 Å². The molecule has 0 aliphatic heterocycles. The Labute approximate surface area is 336 Å². The summed E-state index contributed by atoms with van der Waals surface area (Å²) in [5.41, 5.74) is -2.28. The summed E-state index contributed by atoms with van der Waals surface area (Å²) in [6.07, 6.45) is -5.65. The Hall–Kier alpha value is -5.03. The summed E-state index contributed by atoms with van der Waals surface area (Å²) in [6.45, 7) is 6.99. The van der Waals surface area contributed by atoms with Gasteiger partial charge in [0.1, 0.15) is 28.6 Å². The van der Waals surface area contributed by atoms with Gasteiger partial charge in [-0.15, -0.1) is 0 Å². The number of hydrogen-bond donors (Lipinski definition) is 4. The van der Waals surface area contributed by atoms with Gasteiger partial charge in [0.25, 0.3) is 16.1 Å². The number of aromatic nitrogens is 5. The molecule has 3 heterocycles. The third-order valence-corrected chi connectivity index (χ3v) is 11.0. The second kappa shape index (κ2) is 16.2. The Morgan fingerprint density at radius 2 is 1.73 bits per heavy atom. The van der Waals surface area contributed by atoms with Crippen molar-refractivity contribution in [1.29, 1.82) is 0 Å². The second-order valence-electron chi connectivity index (χ2n) is 15.3. The highest BCUT2D eigenvalue weighted by Crippen LogP contribution is 2.52. The summed E-state index contributed by atoms with van der Waals surface area (Å²) in [4.78, 5) is 4.82. The summed E-state index contributed by atoms with van der Waals surface area (Å²) >= 11 is 0.